The van der Waals surface area contributed by atoms with E-state index in [2.05, 4.69) is 5.32 Å². The number of amides is 1. The maximum atomic E-state index is 12.2. The third-order valence-electron chi connectivity index (χ3n) is 3.34. The van der Waals surface area contributed by atoms with E-state index in [1.807, 2.05) is 24.4 Å². The number of phenolic OH excluding ortho intramolecular Hbond substituents is 1. The SMILES string of the molecule is CCC(NC(=O)[C@@H](N)Cc1ccc(O)cc1)c1cccs1. The van der Waals surface area contributed by atoms with Gasteiger partial charge >= 0.3 is 0 Å². The van der Waals surface area contributed by atoms with Gasteiger partial charge in [0.2, 0.25) is 5.91 Å². The molecule has 1 aromatic heterocycles. The van der Waals surface area contributed by atoms with Gasteiger partial charge in [0.05, 0.1) is 12.1 Å². The van der Waals surface area contributed by atoms with Crippen LogP contribution in [0.2, 0.25) is 0 Å². The molecule has 0 radical (unpaired) electrons. The van der Waals surface area contributed by atoms with E-state index in [9.17, 15) is 9.90 Å². The van der Waals surface area contributed by atoms with Crippen molar-refractivity contribution in [2.24, 2.45) is 5.73 Å². The number of hydrogen-bond donors (Lipinski definition) is 3. The zero-order valence-corrected chi connectivity index (χ0v) is 12.8. The summed E-state index contributed by atoms with van der Waals surface area (Å²) in [7, 11) is 0. The second-order valence-electron chi connectivity index (χ2n) is 4.96. The van der Waals surface area contributed by atoms with Crippen LogP contribution in [0.3, 0.4) is 0 Å². The van der Waals surface area contributed by atoms with Crippen LogP contribution < -0.4 is 11.1 Å². The molecule has 21 heavy (non-hydrogen) atoms. The molecule has 0 aliphatic rings. The smallest absolute Gasteiger partial charge is 0.237 e. The van der Waals surface area contributed by atoms with Crippen LogP contribution in [0.1, 0.15) is 29.8 Å². The molecule has 1 unspecified atom stereocenters. The molecule has 0 saturated carbocycles. The molecule has 2 aromatic rings. The summed E-state index contributed by atoms with van der Waals surface area (Å²) in [6.07, 6.45) is 1.28. The lowest BCUT2D eigenvalue weighted by Gasteiger charge is -2.19. The van der Waals surface area contributed by atoms with Crippen LogP contribution in [0.15, 0.2) is 41.8 Å². The Hall–Kier alpha value is -1.85. The Balaban J connectivity index is 1.94. The van der Waals surface area contributed by atoms with Crippen LogP contribution in [-0.4, -0.2) is 17.1 Å². The average Bonchev–Trinajstić information content (AvgIpc) is 3.01. The standard InChI is InChI=1S/C16H20N2O2S/c1-2-14(15-4-3-9-21-15)18-16(20)13(17)10-11-5-7-12(19)8-6-11/h3-9,13-14,19H,2,10,17H2,1H3,(H,18,20)/t13-,14?/m0/s1. The van der Waals surface area contributed by atoms with Crippen molar-refractivity contribution in [1.29, 1.82) is 0 Å². The molecule has 4 nitrogen and oxygen atoms in total. The maximum Gasteiger partial charge on any atom is 0.237 e. The first-order valence-corrected chi connectivity index (χ1v) is 7.85. The molecule has 0 bridgehead atoms. The van der Waals surface area contributed by atoms with Gasteiger partial charge in [0, 0.05) is 4.88 Å². The van der Waals surface area contributed by atoms with E-state index in [4.69, 9.17) is 5.73 Å². The summed E-state index contributed by atoms with van der Waals surface area (Å²) in [4.78, 5) is 13.3. The van der Waals surface area contributed by atoms with Crippen LogP contribution in [0.4, 0.5) is 0 Å². The zero-order chi connectivity index (χ0) is 15.2. The molecular weight excluding hydrogens is 284 g/mol. The van der Waals surface area contributed by atoms with Gasteiger partial charge in [-0.2, -0.15) is 0 Å². The van der Waals surface area contributed by atoms with Crippen molar-refractivity contribution >= 4 is 17.2 Å². The van der Waals surface area contributed by atoms with E-state index < -0.39 is 6.04 Å². The highest BCUT2D eigenvalue weighted by atomic mass is 32.1. The van der Waals surface area contributed by atoms with Crippen molar-refractivity contribution in [2.75, 3.05) is 0 Å². The highest BCUT2D eigenvalue weighted by Crippen LogP contribution is 2.21. The van der Waals surface area contributed by atoms with Crippen molar-refractivity contribution in [1.82, 2.24) is 5.32 Å². The molecule has 2 rings (SSSR count). The average molecular weight is 304 g/mol. The van der Waals surface area contributed by atoms with Crippen LogP contribution in [0, 0.1) is 0 Å². The lowest BCUT2D eigenvalue weighted by molar-refractivity contribution is -0.123. The number of thiophene rings is 1. The Morgan fingerprint density at radius 1 is 1.33 bits per heavy atom. The van der Waals surface area contributed by atoms with Gasteiger partial charge in [-0.05, 0) is 42.0 Å². The fraction of sp³-hybridized carbons (Fsp3) is 0.312. The molecule has 0 spiro atoms. The van der Waals surface area contributed by atoms with Gasteiger partial charge in [0.25, 0.3) is 0 Å². The van der Waals surface area contributed by atoms with E-state index >= 15 is 0 Å². The molecule has 2 atom stereocenters. The summed E-state index contributed by atoms with van der Waals surface area (Å²) in [5.74, 6) is 0.0591. The molecule has 0 saturated heterocycles. The highest BCUT2D eigenvalue weighted by Gasteiger charge is 2.19. The summed E-state index contributed by atoms with van der Waals surface area (Å²) >= 11 is 1.63. The molecular formula is C16H20N2O2S. The number of carbonyl (C=O) groups is 1. The number of carbonyl (C=O) groups excluding carboxylic acids is 1. The largest absolute Gasteiger partial charge is 0.508 e. The molecule has 1 aromatic carbocycles. The molecule has 5 heteroatoms. The van der Waals surface area contributed by atoms with Crippen molar-refractivity contribution in [2.45, 2.75) is 31.8 Å². The van der Waals surface area contributed by atoms with Gasteiger partial charge in [-0.25, -0.2) is 0 Å². The van der Waals surface area contributed by atoms with Gasteiger partial charge in [0.15, 0.2) is 0 Å². The molecule has 112 valence electrons. The highest BCUT2D eigenvalue weighted by molar-refractivity contribution is 7.10. The number of nitrogens with one attached hydrogen (secondary N) is 1. The summed E-state index contributed by atoms with van der Waals surface area (Å²) in [5.41, 5.74) is 6.90. The second kappa shape index (κ2) is 7.24. The molecule has 0 aliphatic heterocycles. The van der Waals surface area contributed by atoms with Gasteiger partial charge in [-0.3, -0.25) is 4.79 Å². The monoisotopic (exact) mass is 304 g/mol. The molecule has 4 N–H and O–H groups in total. The minimum Gasteiger partial charge on any atom is -0.508 e. The van der Waals surface area contributed by atoms with E-state index in [0.717, 1.165) is 16.9 Å². The molecule has 1 heterocycles. The van der Waals surface area contributed by atoms with Crippen molar-refractivity contribution in [3.63, 3.8) is 0 Å². The summed E-state index contributed by atoms with van der Waals surface area (Å²) in [5, 5.41) is 14.2. The number of phenols is 1. The number of hydrogen-bond acceptors (Lipinski definition) is 4. The lowest BCUT2D eigenvalue weighted by Crippen LogP contribution is -2.43. The topological polar surface area (TPSA) is 75.4 Å². The third-order valence-corrected chi connectivity index (χ3v) is 4.33. The first kappa shape index (κ1) is 15.5. The second-order valence-corrected chi connectivity index (χ2v) is 5.94. The minimum atomic E-state index is -0.594. The normalized spacial score (nSPS) is 13.6. The Kier molecular flexibility index (Phi) is 5.36. The van der Waals surface area contributed by atoms with Crippen molar-refractivity contribution in [3.8, 4) is 5.75 Å². The number of aromatic hydroxyl groups is 1. The van der Waals surface area contributed by atoms with E-state index in [-0.39, 0.29) is 17.7 Å². The van der Waals surface area contributed by atoms with Gasteiger partial charge < -0.3 is 16.2 Å². The zero-order valence-electron chi connectivity index (χ0n) is 12.0. The Labute approximate surface area is 128 Å². The van der Waals surface area contributed by atoms with Crippen LogP contribution >= 0.6 is 11.3 Å². The van der Waals surface area contributed by atoms with Crippen molar-refractivity contribution in [3.05, 3.63) is 52.2 Å². The van der Waals surface area contributed by atoms with E-state index in [1.54, 1.807) is 35.6 Å². The van der Waals surface area contributed by atoms with Crippen LogP contribution in [-0.2, 0) is 11.2 Å². The molecule has 0 aliphatic carbocycles. The van der Waals surface area contributed by atoms with E-state index in [0.29, 0.717) is 6.42 Å². The minimum absolute atomic E-state index is 0.0170. The predicted molar refractivity (Wildman–Crippen MR) is 85.3 cm³/mol. The van der Waals surface area contributed by atoms with Gasteiger partial charge in [-0.1, -0.05) is 25.1 Å². The molecule has 0 fully saturated rings. The number of benzene rings is 1. The maximum absolute atomic E-state index is 12.2. The van der Waals surface area contributed by atoms with Gasteiger partial charge in [-0.15, -0.1) is 11.3 Å². The van der Waals surface area contributed by atoms with Crippen LogP contribution in [0.5, 0.6) is 5.75 Å². The third kappa shape index (κ3) is 4.31. The summed E-state index contributed by atoms with van der Waals surface area (Å²) in [6, 6.07) is 10.2. The van der Waals surface area contributed by atoms with Gasteiger partial charge in [0.1, 0.15) is 5.75 Å². The Bertz CT molecular complexity index is 566. The summed E-state index contributed by atoms with van der Waals surface area (Å²) in [6.45, 7) is 2.04. The quantitative estimate of drug-likeness (QED) is 0.768. The number of nitrogens with two attached hydrogens (primary N) is 1. The Morgan fingerprint density at radius 3 is 2.62 bits per heavy atom. The van der Waals surface area contributed by atoms with Crippen molar-refractivity contribution < 1.29 is 9.90 Å². The van der Waals surface area contributed by atoms with Crippen LogP contribution in [0.25, 0.3) is 0 Å². The van der Waals surface area contributed by atoms with E-state index in [1.165, 1.54) is 0 Å². The molecule has 1 amide bonds. The fourth-order valence-electron chi connectivity index (χ4n) is 2.12. The summed E-state index contributed by atoms with van der Waals surface area (Å²) < 4.78 is 0. The first-order valence-electron chi connectivity index (χ1n) is 6.97. The fourth-order valence-corrected chi connectivity index (χ4v) is 2.98. The lowest BCUT2D eigenvalue weighted by atomic mass is 10.1. The first-order chi connectivity index (χ1) is 10.1. The predicted octanol–water partition coefficient (Wildman–Crippen LogP) is 2.59. The number of rotatable bonds is 6. The Morgan fingerprint density at radius 2 is 2.05 bits per heavy atom.